The van der Waals surface area contributed by atoms with Crippen molar-refractivity contribution in [1.29, 1.82) is 0 Å². The van der Waals surface area contributed by atoms with Gasteiger partial charge in [0.2, 0.25) is 11.8 Å². The molecule has 1 fully saturated rings. The largest absolute Gasteiger partial charge is 0.478 e. The van der Waals surface area contributed by atoms with Crippen molar-refractivity contribution in [3.05, 3.63) is 65.5 Å². The van der Waals surface area contributed by atoms with E-state index in [9.17, 15) is 18.8 Å². The van der Waals surface area contributed by atoms with Gasteiger partial charge in [0, 0.05) is 6.42 Å². The molecule has 0 aromatic heterocycles. The predicted octanol–water partition coefficient (Wildman–Crippen LogP) is 2.63. The molecule has 0 bridgehead atoms. The van der Waals surface area contributed by atoms with E-state index in [1.807, 2.05) is 0 Å². The molecule has 2 amide bonds. The summed E-state index contributed by atoms with van der Waals surface area (Å²) in [5, 5.41) is 16.1. The summed E-state index contributed by atoms with van der Waals surface area (Å²) in [6, 6.07) is 11.2. The van der Waals surface area contributed by atoms with E-state index < -0.39 is 23.0 Å². The number of hydrogen-bond donors (Lipinski definition) is 2. The third-order valence-corrected chi connectivity index (χ3v) is 5.28. The highest BCUT2D eigenvalue weighted by Gasteiger charge is 2.40. The van der Waals surface area contributed by atoms with E-state index in [0.717, 1.165) is 16.7 Å². The topological polar surface area (TPSA) is 125 Å². The zero-order valence-corrected chi connectivity index (χ0v) is 16.6. The molecule has 154 valence electrons. The summed E-state index contributed by atoms with van der Waals surface area (Å²) in [6.07, 6.45) is -0.0684. The molecule has 1 atom stereocenters. The van der Waals surface area contributed by atoms with E-state index in [-0.39, 0.29) is 23.0 Å². The van der Waals surface area contributed by atoms with E-state index in [4.69, 9.17) is 10.8 Å². The Bertz CT molecular complexity index is 1050. The minimum atomic E-state index is -1.10. The van der Waals surface area contributed by atoms with Crippen molar-refractivity contribution in [3.63, 3.8) is 0 Å². The number of carboxylic acids is 1. The van der Waals surface area contributed by atoms with Crippen molar-refractivity contribution in [2.24, 2.45) is 15.9 Å². The standard InChI is InChI=1S/C20H17FN4O4S/c1-11(12-2-6-14(21)7-3-12)23-24-20(22)30-16-10-17(26)25(18(16)27)15-8-4-13(5-9-15)19(28)29/h2-9,16H,10H2,1H3,(H2,22,24)(H,28,29). The number of nitrogens with two attached hydrogens (primary N) is 1. The van der Waals surface area contributed by atoms with Gasteiger partial charge in [0.1, 0.15) is 11.1 Å². The van der Waals surface area contributed by atoms with Crippen LogP contribution in [0.15, 0.2) is 58.7 Å². The van der Waals surface area contributed by atoms with Crippen LogP contribution in [-0.2, 0) is 9.59 Å². The average molecular weight is 428 g/mol. The van der Waals surface area contributed by atoms with Crippen LogP contribution < -0.4 is 10.6 Å². The summed E-state index contributed by atoms with van der Waals surface area (Å²) >= 11 is 0.920. The van der Waals surface area contributed by atoms with E-state index in [0.29, 0.717) is 17.0 Å². The lowest BCUT2D eigenvalue weighted by Crippen LogP contribution is -2.31. The van der Waals surface area contributed by atoms with Gasteiger partial charge in [-0.3, -0.25) is 9.59 Å². The average Bonchev–Trinajstić information content (AvgIpc) is 2.99. The summed E-state index contributed by atoms with van der Waals surface area (Å²) < 4.78 is 13.0. The van der Waals surface area contributed by atoms with Gasteiger partial charge in [0.25, 0.3) is 0 Å². The maximum Gasteiger partial charge on any atom is 0.335 e. The molecule has 1 heterocycles. The summed E-state index contributed by atoms with van der Waals surface area (Å²) in [7, 11) is 0. The number of benzene rings is 2. The predicted molar refractivity (Wildman–Crippen MR) is 112 cm³/mol. The van der Waals surface area contributed by atoms with Gasteiger partial charge in [-0.05, 0) is 48.9 Å². The minimum absolute atomic E-state index is 0.00527. The Balaban J connectivity index is 1.69. The lowest BCUT2D eigenvalue weighted by atomic mass is 10.1. The van der Waals surface area contributed by atoms with Gasteiger partial charge in [0.15, 0.2) is 5.17 Å². The molecule has 2 aromatic carbocycles. The molecule has 3 rings (SSSR count). The van der Waals surface area contributed by atoms with Crippen LogP contribution in [0.4, 0.5) is 10.1 Å². The minimum Gasteiger partial charge on any atom is -0.478 e. The number of halogens is 1. The lowest BCUT2D eigenvalue weighted by molar-refractivity contribution is -0.121. The smallest absolute Gasteiger partial charge is 0.335 e. The Morgan fingerprint density at radius 3 is 2.30 bits per heavy atom. The first-order valence-corrected chi connectivity index (χ1v) is 9.64. The van der Waals surface area contributed by atoms with Crippen molar-refractivity contribution >= 4 is 46.1 Å². The van der Waals surface area contributed by atoms with Crippen LogP contribution in [0.25, 0.3) is 0 Å². The third kappa shape index (κ3) is 4.71. The Kier molecular flexibility index (Phi) is 6.26. The molecular formula is C20H17FN4O4S. The zero-order chi connectivity index (χ0) is 21.8. The van der Waals surface area contributed by atoms with E-state index in [1.165, 1.54) is 36.4 Å². The second-order valence-corrected chi connectivity index (χ2v) is 7.58. The molecule has 0 spiro atoms. The van der Waals surface area contributed by atoms with Crippen molar-refractivity contribution < 1.29 is 23.9 Å². The highest BCUT2D eigenvalue weighted by atomic mass is 32.2. The highest BCUT2D eigenvalue weighted by molar-refractivity contribution is 8.14. The fraction of sp³-hybridized carbons (Fsp3) is 0.150. The summed E-state index contributed by atoms with van der Waals surface area (Å²) in [4.78, 5) is 36.9. The molecule has 3 N–H and O–H groups in total. The number of aromatic carboxylic acids is 1. The molecule has 1 saturated heterocycles. The van der Waals surface area contributed by atoms with Gasteiger partial charge in [-0.2, -0.15) is 5.10 Å². The second-order valence-electron chi connectivity index (χ2n) is 6.36. The normalized spacial score (nSPS) is 17.5. The number of amidine groups is 1. The van der Waals surface area contributed by atoms with E-state index in [2.05, 4.69) is 10.2 Å². The van der Waals surface area contributed by atoms with Crippen molar-refractivity contribution in [1.82, 2.24) is 0 Å². The first-order valence-electron chi connectivity index (χ1n) is 8.76. The number of imide groups is 1. The van der Waals surface area contributed by atoms with Gasteiger partial charge in [-0.25, -0.2) is 14.1 Å². The second kappa shape index (κ2) is 8.87. The van der Waals surface area contributed by atoms with Crippen LogP contribution in [0.5, 0.6) is 0 Å². The Hall–Kier alpha value is -3.53. The number of carbonyl (C=O) groups is 3. The molecule has 0 aliphatic carbocycles. The number of carbonyl (C=O) groups excluding carboxylic acids is 2. The number of nitrogens with zero attached hydrogens (tertiary/aromatic N) is 3. The summed E-state index contributed by atoms with van der Waals surface area (Å²) in [5.41, 5.74) is 7.36. The van der Waals surface area contributed by atoms with Crippen LogP contribution in [0.1, 0.15) is 29.3 Å². The van der Waals surface area contributed by atoms with Gasteiger partial charge in [0.05, 0.1) is 17.0 Å². The van der Waals surface area contributed by atoms with Gasteiger partial charge in [-0.15, -0.1) is 5.10 Å². The molecule has 1 aliphatic rings. The third-order valence-electron chi connectivity index (χ3n) is 4.30. The number of anilines is 1. The number of rotatable bonds is 5. The molecule has 0 saturated carbocycles. The molecule has 0 radical (unpaired) electrons. The van der Waals surface area contributed by atoms with Gasteiger partial charge >= 0.3 is 5.97 Å². The summed E-state index contributed by atoms with van der Waals surface area (Å²) in [5.74, 6) is -2.35. The van der Waals surface area contributed by atoms with Crippen LogP contribution in [0.2, 0.25) is 0 Å². The Morgan fingerprint density at radius 1 is 1.10 bits per heavy atom. The fourth-order valence-electron chi connectivity index (χ4n) is 2.76. The van der Waals surface area contributed by atoms with Crippen LogP contribution in [0.3, 0.4) is 0 Å². The van der Waals surface area contributed by atoms with Crippen LogP contribution in [0, 0.1) is 5.82 Å². The quantitative estimate of drug-likeness (QED) is 0.326. The molecule has 30 heavy (non-hydrogen) atoms. The van der Waals surface area contributed by atoms with Gasteiger partial charge < -0.3 is 10.8 Å². The van der Waals surface area contributed by atoms with E-state index >= 15 is 0 Å². The number of carboxylic acid groups (broad SMARTS) is 1. The van der Waals surface area contributed by atoms with Crippen LogP contribution in [-0.4, -0.2) is 39.0 Å². The lowest BCUT2D eigenvalue weighted by Gasteiger charge is -2.14. The maximum atomic E-state index is 13.0. The first-order chi connectivity index (χ1) is 14.3. The van der Waals surface area contributed by atoms with Gasteiger partial charge in [-0.1, -0.05) is 23.9 Å². The molecular weight excluding hydrogens is 411 g/mol. The monoisotopic (exact) mass is 428 g/mol. The fourth-order valence-corrected chi connectivity index (χ4v) is 3.57. The highest BCUT2D eigenvalue weighted by Crippen LogP contribution is 2.30. The molecule has 8 nitrogen and oxygen atoms in total. The first kappa shape index (κ1) is 21.2. The number of thioether (sulfide) groups is 1. The number of amides is 2. The number of hydrogen-bond acceptors (Lipinski definition) is 6. The zero-order valence-electron chi connectivity index (χ0n) is 15.8. The van der Waals surface area contributed by atoms with Crippen molar-refractivity contribution in [2.75, 3.05) is 4.90 Å². The molecule has 1 aliphatic heterocycles. The van der Waals surface area contributed by atoms with Crippen molar-refractivity contribution in [3.8, 4) is 0 Å². The van der Waals surface area contributed by atoms with E-state index in [1.54, 1.807) is 19.1 Å². The SMILES string of the molecule is CC(=NN=C(N)SC1CC(=O)N(c2ccc(C(=O)O)cc2)C1=O)c1ccc(F)cc1. The Morgan fingerprint density at radius 2 is 1.70 bits per heavy atom. The molecule has 2 aromatic rings. The molecule has 10 heteroatoms. The Labute approximate surface area is 175 Å². The van der Waals surface area contributed by atoms with Crippen LogP contribution >= 0.6 is 11.8 Å². The van der Waals surface area contributed by atoms with Crippen molar-refractivity contribution in [2.45, 2.75) is 18.6 Å². The summed E-state index contributed by atoms with van der Waals surface area (Å²) in [6.45, 7) is 1.68. The molecule has 1 unspecified atom stereocenters. The maximum absolute atomic E-state index is 13.0.